The van der Waals surface area contributed by atoms with Crippen LogP contribution in [0.5, 0.6) is 0 Å². The fraction of sp³-hybridized carbons (Fsp3) is 0.733. The number of nitrogens with zero attached hydrogens (tertiary/aromatic N) is 8. The molecule has 4 heterocycles. The molecule has 2 unspecified atom stereocenters. The predicted octanol–water partition coefficient (Wildman–Crippen LogP) is 5.86. The lowest BCUT2D eigenvalue weighted by Gasteiger charge is -2.29. The number of fused-ring (bicyclic) bond motifs is 2. The summed E-state index contributed by atoms with van der Waals surface area (Å²) in [6.07, 6.45) is 10.8. The second kappa shape index (κ2) is 19.7. The highest BCUT2D eigenvalue weighted by Crippen LogP contribution is 2.52. The van der Waals surface area contributed by atoms with Crippen LogP contribution in [0.3, 0.4) is 0 Å². The van der Waals surface area contributed by atoms with Crippen molar-refractivity contribution in [1.82, 2.24) is 29.4 Å². The summed E-state index contributed by atoms with van der Waals surface area (Å²) >= 11 is 0. The van der Waals surface area contributed by atoms with Crippen LogP contribution in [0.15, 0.2) is 29.2 Å². The summed E-state index contributed by atoms with van der Waals surface area (Å²) in [4.78, 5) is 60.0. The Balaban J connectivity index is 0.000000186. The van der Waals surface area contributed by atoms with E-state index in [9.17, 15) is 27.6 Å². The van der Waals surface area contributed by atoms with Gasteiger partial charge in [0, 0.05) is 80.3 Å². The van der Waals surface area contributed by atoms with Crippen molar-refractivity contribution in [2.24, 2.45) is 34.5 Å². The van der Waals surface area contributed by atoms with Gasteiger partial charge in [0.15, 0.2) is 0 Å². The molecule has 0 spiro atoms. The number of rotatable bonds is 7. The van der Waals surface area contributed by atoms with Crippen LogP contribution in [0.4, 0.5) is 9.59 Å². The molecule has 15 nitrogen and oxygen atoms in total. The molecule has 336 valence electrons. The smallest absolute Gasteiger partial charge is 0.319 e. The third kappa shape index (κ3) is 11.9. The first-order valence-electron chi connectivity index (χ1n) is 22.0. The number of hydrogen-bond acceptors (Lipinski definition) is 8. The maximum atomic E-state index is 12.5. The molecule has 7 rings (SSSR count). The van der Waals surface area contributed by atoms with E-state index in [1.54, 1.807) is 59.9 Å². The molecule has 61 heavy (non-hydrogen) atoms. The maximum Gasteiger partial charge on any atom is 0.319 e. The monoisotopic (exact) mass is 864 g/mol. The molecule has 8 atom stereocenters. The molecule has 0 bridgehead atoms. The summed E-state index contributed by atoms with van der Waals surface area (Å²) < 4.78 is 29.6. The summed E-state index contributed by atoms with van der Waals surface area (Å²) in [5.74, 6) is 2.58. The Morgan fingerprint density at radius 3 is 1.33 bits per heavy atom. The largest absolute Gasteiger partial charge is 0.331 e. The highest BCUT2D eigenvalue weighted by Gasteiger charge is 2.49. The fourth-order valence-electron chi connectivity index (χ4n) is 11.0. The van der Waals surface area contributed by atoms with E-state index in [-0.39, 0.29) is 51.7 Å². The molecule has 6 amide bonds. The van der Waals surface area contributed by atoms with Gasteiger partial charge in [-0.3, -0.25) is 14.1 Å². The number of carbonyl (C=O) groups is 4. The van der Waals surface area contributed by atoms with Gasteiger partial charge in [0.1, 0.15) is 12.1 Å². The normalized spacial score (nSPS) is 30.0. The van der Waals surface area contributed by atoms with Gasteiger partial charge in [0.25, 0.3) is 10.1 Å². The van der Waals surface area contributed by atoms with Crippen LogP contribution in [-0.2, 0) is 19.7 Å². The molecule has 1 N–H and O–H groups in total. The van der Waals surface area contributed by atoms with Crippen LogP contribution in [0.2, 0.25) is 0 Å². The van der Waals surface area contributed by atoms with Gasteiger partial charge in [0.05, 0.1) is 17.0 Å². The Labute approximate surface area is 363 Å². The van der Waals surface area contributed by atoms with Gasteiger partial charge >= 0.3 is 12.1 Å². The highest BCUT2D eigenvalue weighted by atomic mass is 32.2. The van der Waals surface area contributed by atoms with Crippen molar-refractivity contribution in [3.8, 4) is 12.1 Å². The zero-order chi connectivity index (χ0) is 44.9. The standard InChI is InChI=1S/2C19H30N4O2.C7H8O3S/c2*1-19(7-6-17(24)23-8-4-5-16(23)11-20)9-14-12-22(13-15(14)10-19)18(25)21(2)3;1-6-2-4-7(5-3-6)11(8,9)10/h2*14-16H,4-10,12-13H2,1-3H3;2-5H,1H3,(H,8,9,10)/t2*14-,15+,16-,19?;/m00./s1. The molecule has 1 aromatic rings. The van der Waals surface area contributed by atoms with Crippen molar-refractivity contribution in [1.29, 1.82) is 10.5 Å². The van der Waals surface area contributed by atoms with Gasteiger partial charge in [-0.05, 0) is 118 Å². The van der Waals surface area contributed by atoms with Crippen molar-refractivity contribution in [3.63, 3.8) is 0 Å². The van der Waals surface area contributed by atoms with Crippen molar-refractivity contribution in [3.05, 3.63) is 29.8 Å². The Bertz CT molecular complexity index is 1810. The second-order valence-electron chi connectivity index (χ2n) is 19.7. The van der Waals surface area contributed by atoms with Crippen LogP contribution in [0.1, 0.15) is 96.5 Å². The third-order valence-corrected chi connectivity index (χ3v) is 15.0. The Hall–Kier alpha value is -4.41. The van der Waals surface area contributed by atoms with Crippen molar-refractivity contribution in [2.45, 2.75) is 115 Å². The zero-order valence-corrected chi connectivity index (χ0v) is 38.2. The second-order valence-corrected chi connectivity index (χ2v) is 21.1. The minimum absolute atomic E-state index is 0.0666. The van der Waals surface area contributed by atoms with Crippen LogP contribution in [0.25, 0.3) is 0 Å². The number of amides is 6. The van der Waals surface area contributed by atoms with Crippen molar-refractivity contribution in [2.75, 3.05) is 67.5 Å². The van der Waals surface area contributed by atoms with E-state index in [4.69, 9.17) is 15.1 Å². The van der Waals surface area contributed by atoms with Crippen molar-refractivity contribution < 1.29 is 32.1 Å². The third-order valence-electron chi connectivity index (χ3n) is 14.1. The lowest BCUT2D eigenvalue weighted by molar-refractivity contribution is -0.132. The van der Waals surface area contributed by atoms with Gasteiger partial charge in [-0.2, -0.15) is 18.9 Å². The topological polar surface area (TPSA) is 190 Å². The van der Waals surface area contributed by atoms with E-state index in [0.29, 0.717) is 36.5 Å². The van der Waals surface area contributed by atoms with E-state index >= 15 is 0 Å². The molecule has 6 aliphatic rings. The van der Waals surface area contributed by atoms with E-state index in [1.165, 1.54) is 12.1 Å². The summed E-state index contributed by atoms with van der Waals surface area (Å²) in [7, 11) is 3.20. The zero-order valence-electron chi connectivity index (χ0n) is 37.4. The lowest BCUT2D eigenvalue weighted by Crippen LogP contribution is -2.38. The van der Waals surface area contributed by atoms with Crippen molar-refractivity contribution >= 4 is 34.0 Å². The predicted molar refractivity (Wildman–Crippen MR) is 230 cm³/mol. The van der Waals surface area contributed by atoms with E-state index in [1.807, 2.05) is 16.7 Å². The first-order chi connectivity index (χ1) is 28.7. The number of carbonyl (C=O) groups excluding carboxylic acids is 4. The number of aryl methyl sites for hydroxylation is 1. The minimum Gasteiger partial charge on any atom is -0.331 e. The molecule has 6 fully saturated rings. The minimum atomic E-state index is -4.02. The number of urea groups is 2. The molecule has 2 aliphatic carbocycles. The SMILES string of the molecule is CN(C)C(=O)N1C[C@@H]2CC(C)(CCC(=O)N3CCC[C@H]3C#N)C[C@@H]2C1.CN(C)C(=O)N1C[C@@H]2CC(C)(CCC(=O)N3CCC[C@H]3C#N)C[C@@H]2C1.Cc1ccc(S(=O)(=O)O)cc1. The number of benzene rings is 1. The molecule has 1 aromatic carbocycles. The molecule has 4 aliphatic heterocycles. The van der Waals surface area contributed by atoms with Gasteiger partial charge < -0.3 is 29.4 Å². The molecular weight excluding hydrogens is 797 g/mol. The average molecular weight is 865 g/mol. The van der Waals surface area contributed by atoms with E-state index < -0.39 is 10.1 Å². The highest BCUT2D eigenvalue weighted by molar-refractivity contribution is 7.85. The average Bonchev–Trinajstić information content (AvgIpc) is 4.06. The van der Waals surface area contributed by atoms with Gasteiger partial charge in [0.2, 0.25) is 11.8 Å². The Morgan fingerprint density at radius 2 is 1.03 bits per heavy atom. The quantitative estimate of drug-likeness (QED) is 0.327. The molecule has 0 aromatic heterocycles. The first-order valence-corrected chi connectivity index (χ1v) is 23.4. The first kappa shape index (κ1) is 47.6. The van der Waals surface area contributed by atoms with Crippen LogP contribution < -0.4 is 0 Å². The summed E-state index contributed by atoms with van der Waals surface area (Å²) in [5, 5.41) is 18.3. The van der Waals surface area contributed by atoms with Gasteiger partial charge in [-0.25, -0.2) is 9.59 Å². The number of nitriles is 2. The van der Waals surface area contributed by atoms with Crippen LogP contribution in [-0.4, -0.2) is 146 Å². The van der Waals surface area contributed by atoms with Gasteiger partial charge in [-0.15, -0.1) is 0 Å². The number of likely N-dealkylation sites (tertiary alicyclic amines) is 4. The maximum absolute atomic E-state index is 12.5. The Morgan fingerprint density at radius 1 is 0.689 bits per heavy atom. The van der Waals surface area contributed by atoms with E-state index in [0.717, 1.165) is 109 Å². The summed E-state index contributed by atoms with van der Waals surface area (Å²) in [6, 6.07) is 10.3. The lowest BCUT2D eigenvalue weighted by atomic mass is 9.82. The molecule has 16 heteroatoms. The molecular formula is C45H68N8O7S. The molecule has 2 saturated carbocycles. The number of hydrogen-bond donors (Lipinski definition) is 1. The van der Waals surface area contributed by atoms with Crippen LogP contribution >= 0.6 is 0 Å². The molecule has 0 radical (unpaired) electrons. The molecule has 4 saturated heterocycles. The fourth-order valence-corrected chi connectivity index (χ4v) is 11.5. The van der Waals surface area contributed by atoms with Crippen LogP contribution in [0, 0.1) is 64.1 Å². The van der Waals surface area contributed by atoms with Gasteiger partial charge in [-0.1, -0.05) is 31.5 Å². The van der Waals surface area contributed by atoms with E-state index in [2.05, 4.69) is 26.0 Å². The summed E-state index contributed by atoms with van der Waals surface area (Å²) in [5.41, 5.74) is 1.35. The Kier molecular flexibility index (Phi) is 15.4. The summed E-state index contributed by atoms with van der Waals surface area (Å²) in [6.45, 7) is 11.3.